The molecule has 0 aliphatic carbocycles. The Morgan fingerprint density at radius 3 is 2.83 bits per heavy atom. The quantitative estimate of drug-likeness (QED) is 0.684. The zero-order valence-electron chi connectivity index (χ0n) is 12.2. The lowest BCUT2D eigenvalue weighted by Gasteiger charge is -2.06. The first-order valence-electron chi connectivity index (χ1n) is 6.99. The van der Waals surface area contributed by atoms with Crippen LogP contribution >= 0.6 is 0 Å². The van der Waals surface area contributed by atoms with E-state index in [0.29, 0.717) is 17.8 Å². The summed E-state index contributed by atoms with van der Waals surface area (Å²) in [7, 11) is 0. The van der Waals surface area contributed by atoms with Gasteiger partial charge in [-0.25, -0.2) is 9.78 Å². The molecule has 0 spiro atoms. The molecule has 1 aromatic carbocycles. The Kier molecular flexibility index (Phi) is 3.92. The first-order valence-corrected chi connectivity index (χ1v) is 6.99. The van der Waals surface area contributed by atoms with E-state index in [0.717, 1.165) is 11.3 Å². The highest BCUT2D eigenvalue weighted by molar-refractivity contribution is 5.96. The van der Waals surface area contributed by atoms with Crippen LogP contribution in [-0.4, -0.2) is 21.3 Å². The Morgan fingerprint density at radius 1 is 1.17 bits per heavy atom. The van der Waals surface area contributed by atoms with E-state index in [2.05, 4.69) is 15.6 Å². The Labute approximate surface area is 132 Å². The van der Waals surface area contributed by atoms with E-state index in [-0.39, 0.29) is 5.91 Å². The van der Waals surface area contributed by atoms with Gasteiger partial charge in [-0.1, -0.05) is 12.1 Å². The van der Waals surface area contributed by atoms with Crippen molar-refractivity contribution in [1.29, 1.82) is 0 Å². The molecule has 3 amide bonds. The van der Waals surface area contributed by atoms with Gasteiger partial charge in [-0.2, -0.15) is 0 Å². The minimum absolute atomic E-state index is 0.254. The predicted molar refractivity (Wildman–Crippen MR) is 86.0 cm³/mol. The van der Waals surface area contributed by atoms with Gasteiger partial charge in [0, 0.05) is 23.6 Å². The van der Waals surface area contributed by atoms with E-state index in [1.165, 1.54) is 0 Å². The van der Waals surface area contributed by atoms with Gasteiger partial charge in [0.05, 0.1) is 12.2 Å². The second kappa shape index (κ2) is 6.18. The van der Waals surface area contributed by atoms with Gasteiger partial charge in [-0.15, -0.1) is 0 Å². The molecule has 0 aliphatic heterocycles. The van der Waals surface area contributed by atoms with Crippen molar-refractivity contribution >= 4 is 23.3 Å². The number of anilines is 1. The number of aromatic nitrogens is 2. The van der Waals surface area contributed by atoms with Gasteiger partial charge in [0.25, 0.3) is 5.91 Å². The maximum atomic E-state index is 12.2. The first-order chi connectivity index (χ1) is 11.1. The number of carbonyl (C=O) groups is 2. The van der Waals surface area contributed by atoms with Crippen LogP contribution in [0.2, 0.25) is 0 Å². The summed E-state index contributed by atoms with van der Waals surface area (Å²) < 4.78 is 1.89. The van der Waals surface area contributed by atoms with Gasteiger partial charge in [-0.05, 0) is 30.3 Å². The zero-order valence-corrected chi connectivity index (χ0v) is 12.2. The summed E-state index contributed by atoms with van der Waals surface area (Å²) in [5.74, 6) is -0.254. The fraction of sp³-hybridized carbons (Fsp3) is 0.0625. The minimum atomic E-state index is -0.674. The van der Waals surface area contributed by atoms with Crippen molar-refractivity contribution in [1.82, 2.24) is 14.7 Å². The second-order valence-corrected chi connectivity index (χ2v) is 4.95. The average molecular weight is 309 g/mol. The highest BCUT2D eigenvalue weighted by Crippen LogP contribution is 2.11. The SMILES string of the molecule is NC(=O)Nc1cccc(C(=O)NCc2cn3ccccc3n2)c1. The van der Waals surface area contributed by atoms with Crippen LogP contribution in [0.15, 0.2) is 54.9 Å². The predicted octanol–water partition coefficient (Wildman–Crippen LogP) is 1.75. The number of rotatable bonds is 4. The van der Waals surface area contributed by atoms with Gasteiger partial charge >= 0.3 is 6.03 Å². The highest BCUT2D eigenvalue weighted by atomic mass is 16.2. The molecule has 3 aromatic rings. The van der Waals surface area contributed by atoms with Crippen molar-refractivity contribution in [3.63, 3.8) is 0 Å². The Bertz CT molecular complexity index is 839. The van der Waals surface area contributed by atoms with Gasteiger partial charge in [0.1, 0.15) is 5.65 Å². The van der Waals surface area contributed by atoms with Crippen molar-refractivity contribution in [3.8, 4) is 0 Å². The number of carbonyl (C=O) groups excluding carboxylic acids is 2. The highest BCUT2D eigenvalue weighted by Gasteiger charge is 2.08. The molecule has 0 radical (unpaired) electrons. The van der Waals surface area contributed by atoms with Crippen LogP contribution in [0.5, 0.6) is 0 Å². The van der Waals surface area contributed by atoms with Crippen LogP contribution in [0.25, 0.3) is 5.65 Å². The third-order valence-electron chi connectivity index (χ3n) is 3.24. The van der Waals surface area contributed by atoms with Crippen molar-refractivity contribution < 1.29 is 9.59 Å². The number of nitrogens with two attached hydrogens (primary N) is 1. The fourth-order valence-electron chi connectivity index (χ4n) is 2.23. The zero-order chi connectivity index (χ0) is 16.2. The lowest BCUT2D eigenvalue weighted by molar-refractivity contribution is 0.0950. The number of amides is 3. The maximum Gasteiger partial charge on any atom is 0.316 e. The van der Waals surface area contributed by atoms with E-state index in [1.54, 1.807) is 24.3 Å². The average Bonchev–Trinajstić information content (AvgIpc) is 2.95. The van der Waals surface area contributed by atoms with E-state index in [9.17, 15) is 9.59 Å². The molecule has 116 valence electrons. The summed E-state index contributed by atoms with van der Waals surface area (Å²) in [5, 5.41) is 5.23. The molecule has 2 aromatic heterocycles. The van der Waals surface area contributed by atoms with Crippen LogP contribution in [-0.2, 0) is 6.54 Å². The van der Waals surface area contributed by atoms with Gasteiger partial charge in [-0.3, -0.25) is 4.79 Å². The van der Waals surface area contributed by atoms with Crippen LogP contribution in [0.1, 0.15) is 16.1 Å². The molecule has 0 unspecified atom stereocenters. The fourth-order valence-corrected chi connectivity index (χ4v) is 2.23. The summed E-state index contributed by atoms with van der Waals surface area (Å²) in [4.78, 5) is 27.4. The summed E-state index contributed by atoms with van der Waals surface area (Å²) in [6.45, 7) is 0.313. The molecular weight excluding hydrogens is 294 g/mol. The molecule has 0 fully saturated rings. The molecule has 7 nitrogen and oxygen atoms in total. The Balaban J connectivity index is 1.68. The number of fused-ring (bicyclic) bond motifs is 1. The standard InChI is InChI=1S/C16H15N5O2/c17-16(23)20-12-5-3-4-11(8-12)15(22)18-9-13-10-21-7-2-1-6-14(21)19-13/h1-8,10H,9H2,(H,18,22)(H3,17,20,23). The van der Waals surface area contributed by atoms with E-state index < -0.39 is 6.03 Å². The Hall–Kier alpha value is -3.35. The topological polar surface area (TPSA) is 102 Å². The summed E-state index contributed by atoms with van der Waals surface area (Å²) in [6.07, 6.45) is 3.76. The van der Waals surface area contributed by atoms with Crippen molar-refractivity contribution in [2.45, 2.75) is 6.54 Å². The third kappa shape index (κ3) is 3.46. The number of nitrogens with zero attached hydrogens (tertiary/aromatic N) is 2. The monoisotopic (exact) mass is 309 g/mol. The molecule has 4 N–H and O–H groups in total. The number of pyridine rings is 1. The number of urea groups is 1. The van der Waals surface area contributed by atoms with Crippen LogP contribution in [0.4, 0.5) is 10.5 Å². The molecule has 23 heavy (non-hydrogen) atoms. The largest absolute Gasteiger partial charge is 0.351 e. The second-order valence-electron chi connectivity index (χ2n) is 4.95. The lowest BCUT2D eigenvalue weighted by Crippen LogP contribution is -2.23. The molecule has 2 heterocycles. The number of hydrogen-bond donors (Lipinski definition) is 3. The van der Waals surface area contributed by atoms with E-state index >= 15 is 0 Å². The first kappa shape index (κ1) is 14.6. The van der Waals surface area contributed by atoms with Crippen molar-refractivity contribution in [2.75, 3.05) is 5.32 Å². The number of primary amides is 1. The lowest BCUT2D eigenvalue weighted by atomic mass is 10.2. The summed E-state index contributed by atoms with van der Waals surface area (Å²) in [6, 6.07) is 11.6. The number of imidazole rings is 1. The molecule has 3 rings (SSSR count). The van der Waals surface area contributed by atoms with Gasteiger partial charge < -0.3 is 20.8 Å². The van der Waals surface area contributed by atoms with Crippen molar-refractivity contribution in [3.05, 3.63) is 66.1 Å². The molecule has 0 saturated carbocycles. The molecule has 0 aliphatic rings. The number of nitrogens with one attached hydrogen (secondary N) is 2. The summed E-state index contributed by atoms with van der Waals surface area (Å²) >= 11 is 0. The molecule has 7 heteroatoms. The molecule has 0 bridgehead atoms. The van der Waals surface area contributed by atoms with Crippen LogP contribution < -0.4 is 16.4 Å². The van der Waals surface area contributed by atoms with Gasteiger partial charge in [0.15, 0.2) is 0 Å². The third-order valence-corrected chi connectivity index (χ3v) is 3.24. The van der Waals surface area contributed by atoms with E-state index in [4.69, 9.17) is 5.73 Å². The normalized spacial score (nSPS) is 10.4. The van der Waals surface area contributed by atoms with Crippen LogP contribution in [0.3, 0.4) is 0 Å². The molecular formula is C16H15N5O2. The molecule has 0 atom stereocenters. The van der Waals surface area contributed by atoms with E-state index in [1.807, 2.05) is 35.0 Å². The smallest absolute Gasteiger partial charge is 0.316 e. The van der Waals surface area contributed by atoms with Crippen LogP contribution in [0, 0.1) is 0 Å². The van der Waals surface area contributed by atoms with Gasteiger partial charge in [0.2, 0.25) is 0 Å². The maximum absolute atomic E-state index is 12.2. The van der Waals surface area contributed by atoms with Crippen molar-refractivity contribution in [2.24, 2.45) is 5.73 Å². The minimum Gasteiger partial charge on any atom is -0.351 e. The molecule has 0 saturated heterocycles. The summed E-state index contributed by atoms with van der Waals surface area (Å²) in [5.41, 5.74) is 7.55. The number of hydrogen-bond acceptors (Lipinski definition) is 3. The number of benzene rings is 1. The Morgan fingerprint density at radius 2 is 2.04 bits per heavy atom.